The molecule has 0 heterocycles. The highest BCUT2D eigenvalue weighted by Crippen LogP contribution is 2.16. The average Bonchev–Trinajstić information content (AvgIpc) is 2.78. The Labute approximate surface area is 204 Å². The lowest BCUT2D eigenvalue weighted by molar-refractivity contribution is 0.397. The maximum Gasteiger partial charge on any atom is -0.0443 e. The first kappa shape index (κ1) is 41.3. The number of unbranched alkanes of at least 4 members (excludes halogenated alkanes) is 10. The summed E-state index contributed by atoms with van der Waals surface area (Å²) in [4.78, 5) is 0. The molecule has 0 bridgehead atoms. The van der Waals surface area contributed by atoms with Crippen LogP contribution in [0.5, 0.6) is 0 Å². The van der Waals surface area contributed by atoms with Crippen molar-refractivity contribution in [1.82, 2.24) is 0 Å². The zero-order valence-corrected chi connectivity index (χ0v) is 25.2. The molecule has 0 saturated carbocycles. The third kappa shape index (κ3) is 72.6. The van der Waals surface area contributed by atoms with Crippen molar-refractivity contribution in [2.45, 2.75) is 192 Å². The van der Waals surface area contributed by atoms with E-state index in [2.05, 4.69) is 83.1 Å². The largest absolute Gasteiger partial charge is 0.0654 e. The van der Waals surface area contributed by atoms with Crippen molar-refractivity contribution in [3.63, 3.8) is 0 Å². The second-order valence-corrected chi connectivity index (χ2v) is 9.38. The third-order valence-corrected chi connectivity index (χ3v) is 5.53. The van der Waals surface area contributed by atoms with E-state index in [1.165, 1.54) is 109 Å². The van der Waals surface area contributed by atoms with E-state index < -0.39 is 0 Å². The topological polar surface area (TPSA) is 0 Å². The van der Waals surface area contributed by atoms with E-state index >= 15 is 0 Å². The van der Waals surface area contributed by atoms with Gasteiger partial charge in [-0.3, -0.25) is 0 Å². The smallest absolute Gasteiger partial charge is 0.0443 e. The van der Waals surface area contributed by atoms with E-state index in [1.807, 2.05) is 0 Å². The summed E-state index contributed by atoms with van der Waals surface area (Å²) >= 11 is 0. The fraction of sp³-hybridized carbons (Fsp3) is 1.00. The first-order valence-corrected chi connectivity index (χ1v) is 14.9. The Morgan fingerprint density at radius 3 is 0.613 bits per heavy atom. The molecule has 0 nitrogen and oxygen atoms in total. The van der Waals surface area contributed by atoms with Crippen molar-refractivity contribution in [2.75, 3.05) is 0 Å². The lowest BCUT2D eigenvalue weighted by Crippen LogP contribution is -2.00. The second-order valence-electron chi connectivity index (χ2n) is 9.38. The van der Waals surface area contributed by atoms with Crippen LogP contribution < -0.4 is 0 Å². The van der Waals surface area contributed by atoms with Crippen LogP contribution >= 0.6 is 0 Å². The first-order chi connectivity index (χ1) is 14.9. The Balaban J connectivity index is -0.0000000928. The Hall–Kier alpha value is 0. The molecular formula is C31H72. The molecule has 0 amide bonds. The van der Waals surface area contributed by atoms with Crippen LogP contribution in [0.4, 0.5) is 0 Å². The van der Waals surface area contributed by atoms with Crippen molar-refractivity contribution in [3.8, 4) is 0 Å². The normalized spacial score (nSPS) is 11.2. The fourth-order valence-electron chi connectivity index (χ4n) is 2.73. The lowest BCUT2D eigenvalue weighted by Gasteiger charge is -2.12. The molecule has 0 spiro atoms. The predicted molar refractivity (Wildman–Crippen MR) is 154 cm³/mol. The van der Waals surface area contributed by atoms with Gasteiger partial charge in [0.25, 0.3) is 0 Å². The molecule has 0 heteroatoms. The van der Waals surface area contributed by atoms with Crippen LogP contribution in [0.3, 0.4) is 0 Å². The standard InChI is InChI=1S/C9H20.2C6H14.2C5H12/c1-5-8(3)7-9(4)6-2;2*1-3-5-6-4-2;2*1-3-5-4-2/h8-9H,5-7H2,1-4H3;2*3-6H2,1-2H3;2*3-5H2,1-2H3. The molecule has 0 aromatic rings. The maximum atomic E-state index is 2.34. The van der Waals surface area contributed by atoms with Crippen molar-refractivity contribution in [1.29, 1.82) is 0 Å². The van der Waals surface area contributed by atoms with Gasteiger partial charge in [-0.25, -0.2) is 0 Å². The number of hydrogen-bond acceptors (Lipinski definition) is 0. The van der Waals surface area contributed by atoms with Crippen LogP contribution in [-0.4, -0.2) is 0 Å². The summed E-state index contributed by atoms with van der Waals surface area (Å²) in [6, 6.07) is 0. The molecule has 0 aliphatic carbocycles. The average molecular weight is 445 g/mol. The molecule has 31 heavy (non-hydrogen) atoms. The minimum Gasteiger partial charge on any atom is -0.0654 e. The van der Waals surface area contributed by atoms with Crippen LogP contribution in [0.2, 0.25) is 0 Å². The van der Waals surface area contributed by atoms with Gasteiger partial charge in [0.15, 0.2) is 0 Å². The highest BCUT2D eigenvalue weighted by Gasteiger charge is 2.03. The predicted octanol–water partition coefficient (Wildman–Crippen LogP) is 13.0. The highest BCUT2D eigenvalue weighted by molar-refractivity contribution is 4.55. The Kier molecular flexibility index (Phi) is 63.5. The molecule has 0 saturated heterocycles. The molecule has 0 fully saturated rings. The van der Waals surface area contributed by atoms with Gasteiger partial charge in [-0.2, -0.15) is 0 Å². The van der Waals surface area contributed by atoms with Gasteiger partial charge in [-0.05, 0) is 18.3 Å². The van der Waals surface area contributed by atoms with Crippen LogP contribution in [0.25, 0.3) is 0 Å². The van der Waals surface area contributed by atoms with Crippen molar-refractivity contribution in [3.05, 3.63) is 0 Å². The minimum atomic E-state index is 0.931. The molecule has 0 aromatic heterocycles. The molecule has 0 aliphatic rings. The summed E-state index contributed by atoms with van der Waals surface area (Å²) in [6.45, 7) is 27.0. The minimum absolute atomic E-state index is 0.931. The third-order valence-electron chi connectivity index (χ3n) is 5.53. The second kappa shape index (κ2) is 47.7. The first-order valence-electron chi connectivity index (χ1n) is 14.9. The van der Waals surface area contributed by atoms with Gasteiger partial charge in [0.2, 0.25) is 0 Å². The van der Waals surface area contributed by atoms with Crippen LogP contribution in [0.1, 0.15) is 192 Å². The van der Waals surface area contributed by atoms with Gasteiger partial charge in [-0.1, -0.05) is 186 Å². The van der Waals surface area contributed by atoms with E-state index in [4.69, 9.17) is 0 Å². The maximum absolute atomic E-state index is 2.34. The van der Waals surface area contributed by atoms with Gasteiger partial charge in [0, 0.05) is 0 Å². The summed E-state index contributed by atoms with van der Waals surface area (Å²) < 4.78 is 0. The monoisotopic (exact) mass is 445 g/mol. The van der Waals surface area contributed by atoms with E-state index in [-0.39, 0.29) is 0 Å². The zero-order valence-electron chi connectivity index (χ0n) is 25.2. The SMILES string of the molecule is CCC(C)CC(C)CC.CCCCC.CCCCC.CCCCCC.CCCCCC. The van der Waals surface area contributed by atoms with Crippen LogP contribution in [0, 0.1) is 11.8 Å². The van der Waals surface area contributed by atoms with Crippen LogP contribution in [0.15, 0.2) is 0 Å². The summed E-state index contributed by atoms with van der Waals surface area (Å²) in [5, 5.41) is 0. The van der Waals surface area contributed by atoms with E-state index in [9.17, 15) is 0 Å². The lowest BCUT2D eigenvalue weighted by atomic mass is 9.94. The van der Waals surface area contributed by atoms with Gasteiger partial charge in [-0.15, -0.1) is 0 Å². The van der Waals surface area contributed by atoms with Crippen molar-refractivity contribution in [2.24, 2.45) is 11.8 Å². The van der Waals surface area contributed by atoms with Crippen molar-refractivity contribution >= 4 is 0 Å². The fourth-order valence-corrected chi connectivity index (χ4v) is 2.73. The van der Waals surface area contributed by atoms with E-state index in [1.54, 1.807) is 0 Å². The quantitative estimate of drug-likeness (QED) is 0.233. The molecule has 0 N–H and O–H groups in total. The molecule has 2 atom stereocenters. The van der Waals surface area contributed by atoms with Gasteiger partial charge >= 0.3 is 0 Å². The molecule has 0 rings (SSSR count). The summed E-state index contributed by atoms with van der Waals surface area (Å²) in [5.74, 6) is 1.86. The summed E-state index contributed by atoms with van der Waals surface area (Å²) in [6.07, 6.45) is 23.3. The van der Waals surface area contributed by atoms with Gasteiger partial charge in [0.1, 0.15) is 0 Å². The number of rotatable bonds is 14. The van der Waals surface area contributed by atoms with Crippen LogP contribution in [-0.2, 0) is 0 Å². The molecular weight excluding hydrogens is 372 g/mol. The summed E-state index contributed by atoms with van der Waals surface area (Å²) in [7, 11) is 0. The molecule has 196 valence electrons. The molecule has 0 aromatic carbocycles. The van der Waals surface area contributed by atoms with E-state index in [0.29, 0.717) is 0 Å². The Morgan fingerprint density at radius 2 is 0.516 bits per heavy atom. The number of hydrogen-bond donors (Lipinski definition) is 0. The van der Waals surface area contributed by atoms with Crippen molar-refractivity contribution < 1.29 is 0 Å². The molecule has 0 aliphatic heterocycles. The highest BCUT2D eigenvalue weighted by atomic mass is 14.1. The molecule has 2 unspecified atom stereocenters. The van der Waals surface area contributed by atoms with Gasteiger partial charge in [0.05, 0.1) is 0 Å². The Bertz CT molecular complexity index is 174. The molecule has 0 radical (unpaired) electrons. The van der Waals surface area contributed by atoms with Gasteiger partial charge < -0.3 is 0 Å². The van der Waals surface area contributed by atoms with E-state index in [0.717, 1.165) is 11.8 Å². The summed E-state index contributed by atoms with van der Waals surface area (Å²) in [5.41, 5.74) is 0. The zero-order chi connectivity index (χ0) is 25.2. The Morgan fingerprint density at radius 1 is 0.323 bits per heavy atom.